The predicted molar refractivity (Wildman–Crippen MR) is 38.6 cm³/mol. The second-order valence-corrected chi connectivity index (χ2v) is 3.31. The Kier molecular flexibility index (Phi) is 4.87. The molecule has 0 unspecified atom stereocenters. The van der Waals surface area contributed by atoms with Crippen LogP contribution in [0.4, 0.5) is 0 Å². The molecule has 7 heavy (non-hydrogen) atoms. The maximum absolute atomic E-state index is 1.53. The molecule has 1 aliphatic heterocycles. The number of hydrogen-bond acceptors (Lipinski definition) is 0. The van der Waals surface area contributed by atoms with Crippen molar-refractivity contribution in [1.82, 2.24) is 0 Å². The first-order chi connectivity index (χ1) is 3.00. The van der Waals surface area contributed by atoms with Gasteiger partial charge in [-0.3, -0.25) is 0 Å². The third-order valence-electron chi connectivity index (χ3n) is 1.21. The second-order valence-electron chi connectivity index (χ2n) is 1.81. The zero-order chi connectivity index (χ0) is 4.24. The number of rotatable bonds is 0. The molecule has 0 nitrogen and oxygen atoms in total. The lowest BCUT2D eigenvalue weighted by Gasteiger charge is -2.06. The van der Waals surface area contributed by atoms with Crippen LogP contribution in [0.5, 0.6) is 0 Å². The fourth-order valence-corrected chi connectivity index (χ4v) is 2.05. The van der Waals surface area contributed by atoms with Gasteiger partial charge in [-0.15, -0.1) is 8.58 Å². The molecular weight excluding hydrogens is 103 g/mol. The minimum Gasteiger partial charge on any atom is -0.122 e. The van der Waals surface area contributed by atoms with Gasteiger partial charge >= 0.3 is 0 Å². The summed E-state index contributed by atoms with van der Waals surface area (Å²) in [6, 6.07) is 0. The zero-order valence-corrected chi connectivity index (χ0v) is 5.04. The van der Waals surface area contributed by atoms with Gasteiger partial charge in [0.1, 0.15) is 0 Å². The standard InChI is InChI=1S/C5H11P.CH4/c1-2-4-6-5-3-1;/h6H,1-5H2;1H4. The van der Waals surface area contributed by atoms with Gasteiger partial charge in [-0.2, -0.15) is 0 Å². The van der Waals surface area contributed by atoms with Crippen LogP contribution in [-0.2, 0) is 0 Å². The van der Waals surface area contributed by atoms with Crippen LogP contribution >= 0.6 is 8.58 Å². The molecule has 0 aliphatic carbocycles. The van der Waals surface area contributed by atoms with Crippen LogP contribution in [0, 0.1) is 0 Å². The molecule has 1 saturated heterocycles. The summed E-state index contributed by atoms with van der Waals surface area (Å²) in [5.74, 6) is 0. The van der Waals surface area contributed by atoms with Gasteiger partial charge in [-0.1, -0.05) is 13.8 Å². The van der Waals surface area contributed by atoms with Crippen LogP contribution in [-0.4, -0.2) is 12.3 Å². The topological polar surface area (TPSA) is 0 Å². The third kappa shape index (κ3) is 3.05. The molecule has 0 aromatic rings. The summed E-state index contributed by atoms with van der Waals surface area (Å²) >= 11 is 0. The molecule has 1 aliphatic rings. The SMILES string of the molecule is C.C1CCPCC1. The molecular formula is C6H15P. The van der Waals surface area contributed by atoms with Crippen molar-refractivity contribution in [2.24, 2.45) is 0 Å². The molecule has 0 aromatic heterocycles. The molecule has 1 rings (SSSR count). The molecule has 44 valence electrons. The molecule has 0 amide bonds. The van der Waals surface area contributed by atoms with Gasteiger partial charge < -0.3 is 0 Å². The van der Waals surface area contributed by atoms with Crippen LogP contribution in [0.2, 0.25) is 0 Å². The fourth-order valence-electron chi connectivity index (χ4n) is 0.802. The highest BCUT2D eigenvalue weighted by molar-refractivity contribution is 7.38. The Labute approximate surface area is 48.5 Å². The van der Waals surface area contributed by atoms with Crippen LogP contribution in [0.1, 0.15) is 26.7 Å². The molecule has 1 heteroatoms. The lowest BCUT2D eigenvalue weighted by atomic mass is 10.3. The average molecular weight is 118 g/mol. The molecule has 0 spiro atoms. The quantitative estimate of drug-likeness (QED) is 0.429. The molecule has 0 saturated carbocycles. The molecule has 0 radical (unpaired) electrons. The van der Waals surface area contributed by atoms with E-state index in [2.05, 4.69) is 0 Å². The predicted octanol–water partition coefficient (Wildman–Crippen LogP) is 2.48. The van der Waals surface area contributed by atoms with Crippen molar-refractivity contribution in [3.63, 3.8) is 0 Å². The Balaban J connectivity index is 0.000000360. The first-order valence-corrected chi connectivity index (χ1v) is 4.12. The van der Waals surface area contributed by atoms with Gasteiger partial charge in [-0.25, -0.2) is 0 Å². The maximum atomic E-state index is 1.53. The van der Waals surface area contributed by atoms with E-state index >= 15 is 0 Å². The van der Waals surface area contributed by atoms with Gasteiger partial charge in [-0.05, 0) is 25.2 Å². The van der Waals surface area contributed by atoms with E-state index in [1.54, 1.807) is 0 Å². The van der Waals surface area contributed by atoms with Crippen molar-refractivity contribution in [1.29, 1.82) is 0 Å². The highest BCUT2D eigenvalue weighted by Crippen LogP contribution is 2.21. The first kappa shape index (κ1) is 7.43. The summed E-state index contributed by atoms with van der Waals surface area (Å²) in [6.07, 6.45) is 7.59. The Morgan fingerprint density at radius 2 is 1.43 bits per heavy atom. The molecule has 0 atom stereocenters. The van der Waals surface area contributed by atoms with E-state index < -0.39 is 0 Å². The highest BCUT2D eigenvalue weighted by atomic mass is 31.1. The first-order valence-electron chi connectivity index (χ1n) is 2.71. The fraction of sp³-hybridized carbons (Fsp3) is 1.00. The van der Waals surface area contributed by atoms with Crippen LogP contribution in [0.15, 0.2) is 0 Å². The van der Waals surface area contributed by atoms with Gasteiger partial charge in [0.25, 0.3) is 0 Å². The van der Waals surface area contributed by atoms with Crippen molar-refractivity contribution < 1.29 is 0 Å². The molecule has 0 N–H and O–H groups in total. The third-order valence-corrected chi connectivity index (χ3v) is 2.62. The summed E-state index contributed by atoms with van der Waals surface area (Å²) < 4.78 is 0. The Morgan fingerprint density at radius 1 is 0.857 bits per heavy atom. The van der Waals surface area contributed by atoms with Crippen molar-refractivity contribution in [3.8, 4) is 0 Å². The molecule has 1 fully saturated rings. The summed E-state index contributed by atoms with van der Waals surface area (Å²) in [6.45, 7) is 0. The normalized spacial score (nSPS) is 20.6. The average Bonchev–Trinajstić information content (AvgIpc) is 1.72. The lowest BCUT2D eigenvalue weighted by Crippen LogP contribution is -1.89. The van der Waals surface area contributed by atoms with Gasteiger partial charge in [0, 0.05) is 0 Å². The van der Waals surface area contributed by atoms with Crippen molar-refractivity contribution in [3.05, 3.63) is 0 Å². The maximum Gasteiger partial charge on any atom is -0.0353 e. The van der Waals surface area contributed by atoms with E-state index in [-0.39, 0.29) is 7.43 Å². The van der Waals surface area contributed by atoms with E-state index in [4.69, 9.17) is 0 Å². The second kappa shape index (κ2) is 4.59. The summed E-state index contributed by atoms with van der Waals surface area (Å²) in [5, 5.41) is 0. The van der Waals surface area contributed by atoms with Crippen LogP contribution < -0.4 is 0 Å². The molecule has 0 bridgehead atoms. The minimum absolute atomic E-state index is 0. The Hall–Kier alpha value is 0.430. The lowest BCUT2D eigenvalue weighted by molar-refractivity contribution is 0.759. The molecule has 1 heterocycles. The van der Waals surface area contributed by atoms with Gasteiger partial charge in [0.2, 0.25) is 0 Å². The van der Waals surface area contributed by atoms with E-state index in [1.165, 1.54) is 40.2 Å². The zero-order valence-electron chi connectivity index (χ0n) is 4.04. The van der Waals surface area contributed by atoms with Crippen molar-refractivity contribution in [2.45, 2.75) is 26.7 Å². The monoisotopic (exact) mass is 118 g/mol. The molecule has 0 aromatic carbocycles. The van der Waals surface area contributed by atoms with E-state index in [0.29, 0.717) is 0 Å². The Bertz CT molecular complexity index is 19.7. The summed E-state index contributed by atoms with van der Waals surface area (Å²) in [7, 11) is 1.30. The largest absolute Gasteiger partial charge is 0.122 e. The van der Waals surface area contributed by atoms with Gasteiger partial charge in [0.05, 0.1) is 0 Å². The minimum atomic E-state index is 0. The number of hydrogen-bond donors (Lipinski definition) is 0. The van der Waals surface area contributed by atoms with E-state index in [9.17, 15) is 0 Å². The summed E-state index contributed by atoms with van der Waals surface area (Å²) in [5.41, 5.74) is 0. The van der Waals surface area contributed by atoms with Crippen LogP contribution in [0.25, 0.3) is 0 Å². The van der Waals surface area contributed by atoms with Crippen molar-refractivity contribution in [2.75, 3.05) is 12.3 Å². The summed E-state index contributed by atoms with van der Waals surface area (Å²) in [4.78, 5) is 0. The Morgan fingerprint density at radius 3 is 1.57 bits per heavy atom. The van der Waals surface area contributed by atoms with E-state index in [1.807, 2.05) is 0 Å². The highest BCUT2D eigenvalue weighted by Gasteiger charge is 1.95. The van der Waals surface area contributed by atoms with Gasteiger partial charge in [0.15, 0.2) is 0 Å². The van der Waals surface area contributed by atoms with E-state index in [0.717, 1.165) is 0 Å². The van der Waals surface area contributed by atoms with Crippen molar-refractivity contribution >= 4 is 8.58 Å². The smallest absolute Gasteiger partial charge is 0.0353 e. The van der Waals surface area contributed by atoms with Crippen LogP contribution in [0.3, 0.4) is 0 Å².